The van der Waals surface area contributed by atoms with E-state index < -0.39 is 0 Å². The number of thiazole rings is 1. The number of urea groups is 1. The fourth-order valence-electron chi connectivity index (χ4n) is 4.24. The van der Waals surface area contributed by atoms with Crippen molar-refractivity contribution >= 4 is 22.5 Å². The smallest absolute Gasteiger partial charge is 0.324 e. The number of aryl methyl sites for hydroxylation is 1. The largest absolute Gasteiger partial charge is 0.375 e. The Hall–Kier alpha value is -1.56. The van der Waals surface area contributed by atoms with Crippen LogP contribution in [0.2, 0.25) is 0 Å². The van der Waals surface area contributed by atoms with Crippen molar-refractivity contribution in [2.45, 2.75) is 77.3 Å². The number of carbonyl (C=O) groups is 1. The zero-order valence-corrected chi connectivity index (χ0v) is 17.0. The summed E-state index contributed by atoms with van der Waals surface area (Å²) < 4.78 is 0. The molecular weight excluding hydrogens is 344 g/mol. The summed E-state index contributed by atoms with van der Waals surface area (Å²) in [5.74, 6) is 0. The van der Waals surface area contributed by atoms with E-state index in [2.05, 4.69) is 33.6 Å². The quantitative estimate of drug-likeness (QED) is 0.786. The van der Waals surface area contributed by atoms with E-state index >= 15 is 0 Å². The molecule has 0 spiro atoms. The van der Waals surface area contributed by atoms with Crippen LogP contribution in [-0.2, 0) is 0 Å². The van der Waals surface area contributed by atoms with E-state index in [4.69, 9.17) is 0 Å². The number of rotatable bonds is 5. The van der Waals surface area contributed by atoms with Crippen LogP contribution in [0, 0.1) is 6.92 Å². The van der Waals surface area contributed by atoms with Crippen LogP contribution in [0.5, 0.6) is 0 Å². The van der Waals surface area contributed by atoms with Crippen molar-refractivity contribution in [3.8, 4) is 0 Å². The Labute approximate surface area is 161 Å². The monoisotopic (exact) mass is 376 g/mol. The van der Waals surface area contributed by atoms with Gasteiger partial charge in [0, 0.05) is 41.9 Å². The second kappa shape index (κ2) is 8.89. The Kier molecular flexibility index (Phi) is 6.57. The number of nitrogens with zero attached hydrogens (tertiary/aromatic N) is 3. The van der Waals surface area contributed by atoms with Gasteiger partial charge in [0.15, 0.2) is 5.13 Å². The van der Waals surface area contributed by atoms with Crippen LogP contribution in [0.1, 0.15) is 63.2 Å². The SMILES string of the molecule is C=C(CC)N1CCC(N(C(=O)Nc2ncc(C)s2)C2CCCCC2)CC1. The number of nitrogens with one attached hydrogen (secondary N) is 1. The number of likely N-dealkylation sites (tertiary alicyclic amines) is 1. The lowest BCUT2D eigenvalue weighted by atomic mass is 9.91. The maximum absolute atomic E-state index is 13.1. The van der Waals surface area contributed by atoms with Crippen molar-refractivity contribution in [1.29, 1.82) is 0 Å². The van der Waals surface area contributed by atoms with Crippen LogP contribution in [-0.4, -0.2) is 46.0 Å². The van der Waals surface area contributed by atoms with Crippen molar-refractivity contribution in [1.82, 2.24) is 14.8 Å². The van der Waals surface area contributed by atoms with E-state index in [1.165, 1.54) is 25.0 Å². The Bertz CT molecular complexity index is 615. The number of amides is 2. The lowest BCUT2D eigenvalue weighted by molar-refractivity contribution is 0.0962. The molecule has 5 nitrogen and oxygen atoms in total. The summed E-state index contributed by atoms with van der Waals surface area (Å²) in [6.07, 6.45) is 10.9. The number of hydrogen-bond donors (Lipinski definition) is 1. The molecule has 1 saturated carbocycles. The lowest BCUT2D eigenvalue weighted by Crippen LogP contribution is -2.53. The van der Waals surface area contributed by atoms with Gasteiger partial charge in [-0.3, -0.25) is 5.32 Å². The van der Waals surface area contributed by atoms with Crippen molar-refractivity contribution in [2.75, 3.05) is 18.4 Å². The molecule has 2 heterocycles. The van der Waals surface area contributed by atoms with Gasteiger partial charge < -0.3 is 9.80 Å². The highest BCUT2D eigenvalue weighted by molar-refractivity contribution is 7.15. The van der Waals surface area contributed by atoms with Gasteiger partial charge in [-0.1, -0.05) is 32.8 Å². The van der Waals surface area contributed by atoms with Crippen molar-refractivity contribution < 1.29 is 4.79 Å². The second-order valence-electron chi connectivity index (χ2n) is 7.54. The Morgan fingerprint density at radius 2 is 1.92 bits per heavy atom. The van der Waals surface area contributed by atoms with Gasteiger partial charge >= 0.3 is 6.03 Å². The van der Waals surface area contributed by atoms with Crippen LogP contribution in [0.25, 0.3) is 0 Å². The molecule has 0 unspecified atom stereocenters. The highest BCUT2D eigenvalue weighted by Crippen LogP contribution is 2.30. The minimum absolute atomic E-state index is 0.0408. The molecule has 3 rings (SSSR count). The molecule has 0 atom stereocenters. The topological polar surface area (TPSA) is 48.5 Å². The molecule has 2 fully saturated rings. The van der Waals surface area contributed by atoms with Crippen LogP contribution in [0.15, 0.2) is 18.5 Å². The number of anilines is 1. The summed E-state index contributed by atoms with van der Waals surface area (Å²) in [6, 6.07) is 0.731. The molecule has 1 aliphatic heterocycles. The molecule has 1 aromatic heterocycles. The molecule has 1 aromatic rings. The predicted octanol–water partition coefficient (Wildman–Crippen LogP) is 5.01. The van der Waals surface area contributed by atoms with Gasteiger partial charge in [0.25, 0.3) is 0 Å². The van der Waals surface area contributed by atoms with Crippen LogP contribution in [0.4, 0.5) is 9.93 Å². The molecule has 2 aliphatic rings. The van der Waals surface area contributed by atoms with Gasteiger partial charge in [0.05, 0.1) is 0 Å². The minimum Gasteiger partial charge on any atom is -0.375 e. The Morgan fingerprint density at radius 3 is 2.50 bits per heavy atom. The van der Waals surface area contributed by atoms with Gasteiger partial charge in [0.1, 0.15) is 0 Å². The Morgan fingerprint density at radius 1 is 1.27 bits per heavy atom. The first-order valence-corrected chi connectivity index (χ1v) is 10.8. The normalized spacial score (nSPS) is 19.4. The number of allylic oxidation sites excluding steroid dienone is 1. The zero-order valence-electron chi connectivity index (χ0n) is 16.2. The van der Waals surface area contributed by atoms with Gasteiger partial charge in [-0.05, 0) is 39.0 Å². The second-order valence-corrected chi connectivity index (χ2v) is 8.78. The fourth-order valence-corrected chi connectivity index (χ4v) is 4.90. The molecule has 6 heteroatoms. The van der Waals surface area contributed by atoms with Crippen LogP contribution >= 0.6 is 11.3 Å². The number of aromatic nitrogens is 1. The maximum Gasteiger partial charge on any atom is 0.324 e. The van der Waals surface area contributed by atoms with Crippen LogP contribution < -0.4 is 5.32 Å². The third-order valence-electron chi connectivity index (χ3n) is 5.75. The molecule has 2 amide bonds. The molecule has 1 saturated heterocycles. The average molecular weight is 377 g/mol. The molecule has 1 N–H and O–H groups in total. The van der Waals surface area contributed by atoms with Gasteiger partial charge in [-0.25, -0.2) is 9.78 Å². The molecule has 0 aromatic carbocycles. The highest BCUT2D eigenvalue weighted by Gasteiger charge is 2.34. The third kappa shape index (κ3) is 4.58. The first kappa shape index (κ1) is 19.2. The molecule has 1 aliphatic carbocycles. The summed E-state index contributed by atoms with van der Waals surface area (Å²) in [7, 11) is 0. The van der Waals surface area contributed by atoms with Gasteiger partial charge in [-0.2, -0.15) is 0 Å². The summed E-state index contributed by atoms with van der Waals surface area (Å²) in [5, 5.41) is 3.78. The molecule has 26 heavy (non-hydrogen) atoms. The predicted molar refractivity (Wildman–Crippen MR) is 109 cm³/mol. The van der Waals surface area contributed by atoms with Gasteiger partial charge in [-0.15, -0.1) is 11.3 Å². The zero-order chi connectivity index (χ0) is 18.5. The first-order valence-electron chi connectivity index (χ1n) is 10.0. The van der Waals surface area contributed by atoms with E-state index in [-0.39, 0.29) is 6.03 Å². The van der Waals surface area contributed by atoms with E-state index in [0.717, 1.165) is 50.1 Å². The average Bonchev–Trinajstić information content (AvgIpc) is 3.07. The minimum atomic E-state index is 0.0408. The van der Waals surface area contributed by atoms with E-state index in [1.54, 1.807) is 11.3 Å². The lowest BCUT2D eigenvalue weighted by Gasteiger charge is -2.44. The summed E-state index contributed by atoms with van der Waals surface area (Å²) in [6.45, 7) is 10.4. The summed E-state index contributed by atoms with van der Waals surface area (Å²) in [5.41, 5.74) is 1.22. The van der Waals surface area contributed by atoms with E-state index in [9.17, 15) is 4.79 Å². The number of carbonyl (C=O) groups excluding carboxylic acids is 1. The highest BCUT2D eigenvalue weighted by atomic mass is 32.1. The first-order chi connectivity index (χ1) is 12.6. The summed E-state index contributed by atoms with van der Waals surface area (Å²) >= 11 is 1.54. The van der Waals surface area contributed by atoms with E-state index in [1.807, 2.05) is 13.1 Å². The molecule has 144 valence electrons. The van der Waals surface area contributed by atoms with Gasteiger partial charge in [0.2, 0.25) is 0 Å². The van der Waals surface area contributed by atoms with Crippen LogP contribution in [0.3, 0.4) is 0 Å². The standard InChI is InChI=1S/C20H32N4OS/c1-4-15(2)23-12-10-18(11-13-23)24(17-8-6-5-7-9-17)20(25)22-19-21-14-16(3)26-19/h14,17-18H,2,4-13H2,1,3H3,(H,21,22,25). The molecule has 0 radical (unpaired) electrons. The van der Waals surface area contributed by atoms with E-state index in [0.29, 0.717) is 17.2 Å². The number of hydrogen-bond acceptors (Lipinski definition) is 4. The maximum atomic E-state index is 13.1. The Balaban J connectivity index is 1.69. The molecule has 0 bridgehead atoms. The number of piperidine rings is 1. The third-order valence-corrected chi connectivity index (χ3v) is 6.58. The fraction of sp³-hybridized carbons (Fsp3) is 0.700. The van der Waals surface area contributed by atoms with Crippen molar-refractivity contribution in [3.63, 3.8) is 0 Å². The van der Waals surface area contributed by atoms with Crippen molar-refractivity contribution in [3.05, 3.63) is 23.3 Å². The molecular formula is C20H32N4OS. The summed E-state index contributed by atoms with van der Waals surface area (Å²) in [4.78, 5) is 23.1. The van der Waals surface area contributed by atoms with Crippen molar-refractivity contribution in [2.24, 2.45) is 0 Å².